The molecule has 4 heteroatoms. The van der Waals surface area contributed by atoms with Crippen molar-refractivity contribution in [2.75, 3.05) is 13.0 Å². The first-order valence-corrected chi connectivity index (χ1v) is 6.03. The molecule has 0 heterocycles. The molecule has 15 heavy (non-hydrogen) atoms. The summed E-state index contributed by atoms with van der Waals surface area (Å²) in [4.78, 5) is 11.7. The lowest BCUT2D eigenvalue weighted by atomic mass is 10.1. The summed E-state index contributed by atoms with van der Waals surface area (Å²) in [7, 11) is 1.55. The van der Waals surface area contributed by atoms with E-state index in [0.717, 1.165) is 0 Å². The standard InChI is InChI=1S/C11H12BrClO2/c1-15-10-5-3-2-4-8(10)11(14)9(12)6-7-13/h2-5,9H,6-7H2,1H3. The van der Waals surface area contributed by atoms with E-state index >= 15 is 0 Å². The van der Waals surface area contributed by atoms with Gasteiger partial charge in [-0.15, -0.1) is 11.6 Å². The van der Waals surface area contributed by atoms with Crippen LogP contribution in [0.25, 0.3) is 0 Å². The highest BCUT2D eigenvalue weighted by molar-refractivity contribution is 9.10. The molecule has 0 aliphatic heterocycles. The Labute approximate surface area is 103 Å². The highest BCUT2D eigenvalue weighted by Crippen LogP contribution is 2.22. The molecule has 82 valence electrons. The van der Waals surface area contributed by atoms with Crippen molar-refractivity contribution >= 4 is 33.3 Å². The third-order valence-electron chi connectivity index (χ3n) is 2.02. The first-order chi connectivity index (χ1) is 7.20. The second-order valence-corrected chi connectivity index (χ2v) is 4.49. The zero-order valence-corrected chi connectivity index (χ0v) is 10.7. The molecule has 1 rings (SSSR count). The Morgan fingerprint density at radius 1 is 1.53 bits per heavy atom. The molecule has 0 aliphatic rings. The molecule has 0 radical (unpaired) electrons. The summed E-state index contributed by atoms with van der Waals surface area (Å²) in [6.07, 6.45) is 0.610. The van der Waals surface area contributed by atoms with Gasteiger partial charge >= 0.3 is 0 Å². The maximum atomic E-state index is 11.9. The SMILES string of the molecule is COc1ccccc1C(=O)C(Br)CCCl. The molecule has 1 atom stereocenters. The van der Waals surface area contributed by atoms with Gasteiger partial charge in [0.2, 0.25) is 0 Å². The maximum Gasteiger partial charge on any atom is 0.180 e. The van der Waals surface area contributed by atoms with E-state index in [1.54, 1.807) is 19.2 Å². The lowest BCUT2D eigenvalue weighted by molar-refractivity contribution is 0.0987. The number of hydrogen-bond donors (Lipinski definition) is 0. The molecule has 0 amide bonds. The Hall–Kier alpha value is -0.540. The highest BCUT2D eigenvalue weighted by Gasteiger charge is 2.19. The van der Waals surface area contributed by atoms with Crippen molar-refractivity contribution in [2.45, 2.75) is 11.2 Å². The highest BCUT2D eigenvalue weighted by atomic mass is 79.9. The van der Waals surface area contributed by atoms with E-state index in [9.17, 15) is 4.79 Å². The van der Waals surface area contributed by atoms with E-state index in [4.69, 9.17) is 16.3 Å². The summed E-state index contributed by atoms with van der Waals surface area (Å²) < 4.78 is 5.12. The average molecular weight is 292 g/mol. The van der Waals surface area contributed by atoms with Gasteiger partial charge < -0.3 is 4.74 Å². The van der Waals surface area contributed by atoms with Crippen molar-refractivity contribution in [3.8, 4) is 5.75 Å². The van der Waals surface area contributed by atoms with Crippen molar-refractivity contribution < 1.29 is 9.53 Å². The molecular weight excluding hydrogens is 279 g/mol. The van der Waals surface area contributed by atoms with Crippen LogP contribution in [0.4, 0.5) is 0 Å². The van der Waals surface area contributed by atoms with Crippen LogP contribution in [0.15, 0.2) is 24.3 Å². The van der Waals surface area contributed by atoms with Crippen LogP contribution in [0, 0.1) is 0 Å². The van der Waals surface area contributed by atoms with E-state index in [1.165, 1.54) is 0 Å². The van der Waals surface area contributed by atoms with Crippen LogP contribution in [0.3, 0.4) is 0 Å². The van der Waals surface area contributed by atoms with Crippen molar-refractivity contribution in [3.63, 3.8) is 0 Å². The van der Waals surface area contributed by atoms with Crippen LogP contribution >= 0.6 is 27.5 Å². The monoisotopic (exact) mass is 290 g/mol. The molecule has 0 bridgehead atoms. The van der Waals surface area contributed by atoms with Crippen LogP contribution in [0.5, 0.6) is 5.75 Å². The van der Waals surface area contributed by atoms with Crippen molar-refractivity contribution in [3.05, 3.63) is 29.8 Å². The number of Topliss-reactive ketones (excluding diaryl/α,β-unsaturated/α-hetero) is 1. The third kappa shape index (κ3) is 3.21. The number of carbonyl (C=O) groups excluding carboxylic acids is 1. The first kappa shape index (κ1) is 12.5. The Kier molecular flexibility index (Phi) is 5.12. The van der Waals surface area contributed by atoms with Crippen LogP contribution in [-0.2, 0) is 0 Å². The fourth-order valence-corrected chi connectivity index (χ4v) is 2.20. The van der Waals surface area contributed by atoms with Gasteiger partial charge in [-0.3, -0.25) is 4.79 Å². The number of methoxy groups -OCH3 is 1. The Morgan fingerprint density at radius 2 is 2.20 bits per heavy atom. The number of halogens is 2. The number of para-hydroxylation sites is 1. The number of ether oxygens (including phenoxy) is 1. The number of alkyl halides is 2. The molecule has 1 unspecified atom stereocenters. The van der Waals surface area contributed by atoms with Gasteiger partial charge in [0.15, 0.2) is 5.78 Å². The fourth-order valence-electron chi connectivity index (χ4n) is 1.24. The zero-order chi connectivity index (χ0) is 11.3. The Balaban J connectivity index is 2.90. The zero-order valence-electron chi connectivity index (χ0n) is 8.37. The molecule has 0 saturated heterocycles. The summed E-state index contributed by atoms with van der Waals surface area (Å²) in [6.45, 7) is 0. The number of hydrogen-bond acceptors (Lipinski definition) is 2. The van der Waals surface area contributed by atoms with Crippen molar-refractivity contribution in [1.29, 1.82) is 0 Å². The van der Waals surface area contributed by atoms with Gasteiger partial charge in [0.05, 0.1) is 17.5 Å². The van der Waals surface area contributed by atoms with Gasteiger partial charge in [-0.25, -0.2) is 0 Å². The fraction of sp³-hybridized carbons (Fsp3) is 0.364. The number of carbonyl (C=O) groups is 1. The third-order valence-corrected chi connectivity index (χ3v) is 3.11. The summed E-state index contributed by atoms with van der Waals surface area (Å²) in [5.41, 5.74) is 0.590. The van der Waals surface area contributed by atoms with Gasteiger partial charge in [-0.1, -0.05) is 28.1 Å². The second kappa shape index (κ2) is 6.13. The molecule has 1 aromatic carbocycles. The quantitative estimate of drug-likeness (QED) is 0.615. The Bertz CT molecular complexity index is 341. The molecular formula is C11H12BrClO2. The van der Waals surface area contributed by atoms with Gasteiger partial charge in [0, 0.05) is 5.88 Å². The Morgan fingerprint density at radius 3 is 2.80 bits per heavy atom. The molecule has 0 fully saturated rings. The normalized spacial score (nSPS) is 12.2. The molecule has 0 spiro atoms. The van der Waals surface area contributed by atoms with E-state index in [-0.39, 0.29) is 10.6 Å². The van der Waals surface area contributed by atoms with E-state index in [1.807, 2.05) is 12.1 Å². The van der Waals surface area contributed by atoms with Crippen molar-refractivity contribution in [1.82, 2.24) is 0 Å². The minimum atomic E-state index is -0.244. The number of benzene rings is 1. The summed E-state index contributed by atoms with van der Waals surface area (Å²) in [6, 6.07) is 7.17. The van der Waals surface area contributed by atoms with E-state index < -0.39 is 0 Å². The predicted octanol–water partition coefficient (Wildman–Crippen LogP) is 3.27. The van der Waals surface area contributed by atoms with Gasteiger partial charge in [0.1, 0.15) is 5.75 Å². The summed E-state index contributed by atoms with van der Waals surface area (Å²) in [5.74, 6) is 1.06. The molecule has 0 aromatic heterocycles. The van der Waals surface area contributed by atoms with Gasteiger partial charge in [0.25, 0.3) is 0 Å². The lowest BCUT2D eigenvalue weighted by Crippen LogP contribution is -2.15. The topological polar surface area (TPSA) is 26.3 Å². The molecule has 0 saturated carbocycles. The lowest BCUT2D eigenvalue weighted by Gasteiger charge is -2.10. The summed E-state index contributed by atoms with van der Waals surface area (Å²) >= 11 is 8.90. The van der Waals surface area contributed by atoms with E-state index in [2.05, 4.69) is 15.9 Å². The number of ketones is 1. The van der Waals surface area contributed by atoms with Gasteiger partial charge in [-0.05, 0) is 18.6 Å². The first-order valence-electron chi connectivity index (χ1n) is 4.58. The van der Waals surface area contributed by atoms with Crippen LogP contribution in [0.1, 0.15) is 16.8 Å². The van der Waals surface area contributed by atoms with Crippen LogP contribution < -0.4 is 4.74 Å². The molecule has 0 N–H and O–H groups in total. The van der Waals surface area contributed by atoms with Gasteiger partial charge in [-0.2, -0.15) is 0 Å². The van der Waals surface area contributed by atoms with Crippen LogP contribution in [0.2, 0.25) is 0 Å². The van der Waals surface area contributed by atoms with E-state index in [0.29, 0.717) is 23.6 Å². The smallest absolute Gasteiger partial charge is 0.180 e. The molecule has 1 aromatic rings. The number of rotatable bonds is 5. The molecule has 2 nitrogen and oxygen atoms in total. The maximum absolute atomic E-state index is 11.9. The van der Waals surface area contributed by atoms with Crippen LogP contribution in [-0.4, -0.2) is 23.6 Å². The second-order valence-electron chi connectivity index (χ2n) is 3.01. The molecule has 0 aliphatic carbocycles. The minimum absolute atomic E-state index is 0.00750. The minimum Gasteiger partial charge on any atom is -0.496 e. The predicted molar refractivity (Wildman–Crippen MR) is 65.4 cm³/mol. The summed E-state index contributed by atoms with van der Waals surface area (Å²) in [5, 5.41) is 0. The largest absolute Gasteiger partial charge is 0.496 e. The van der Waals surface area contributed by atoms with Crippen molar-refractivity contribution in [2.24, 2.45) is 0 Å². The average Bonchev–Trinajstić information content (AvgIpc) is 2.28.